The molecule has 0 spiro atoms. The predicted molar refractivity (Wildman–Crippen MR) is 66.9 cm³/mol. The summed E-state index contributed by atoms with van der Waals surface area (Å²) in [5.74, 6) is -3.24. The molecule has 0 saturated carbocycles. The molecule has 0 fully saturated rings. The summed E-state index contributed by atoms with van der Waals surface area (Å²) in [5, 5.41) is 25.7. The van der Waals surface area contributed by atoms with E-state index in [4.69, 9.17) is 0 Å². The molecule has 0 atom stereocenters. The van der Waals surface area contributed by atoms with Gasteiger partial charge in [0.15, 0.2) is 5.66 Å². The van der Waals surface area contributed by atoms with Crippen LogP contribution in [0.1, 0.15) is 33.1 Å². The van der Waals surface area contributed by atoms with E-state index in [-0.39, 0.29) is 19.6 Å². The first kappa shape index (κ1) is 19.5. The molecule has 0 radical (unpaired) electrons. The van der Waals surface area contributed by atoms with Gasteiger partial charge in [-0.25, -0.2) is 9.59 Å². The lowest BCUT2D eigenvalue weighted by atomic mass is 10.0. The Morgan fingerprint density at radius 2 is 1.41 bits per heavy atom. The quantitative estimate of drug-likeness (QED) is 0.455. The lowest BCUT2D eigenvalue weighted by molar-refractivity contribution is -0.316. The van der Waals surface area contributed by atoms with E-state index in [0.717, 1.165) is 0 Å². The Labute approximate surface area is 126 Å². The Bertz CT molecular complexity index is 403. The van der Waals surface area contributed by atoms with Crippen LogP contribution in [0.25, 0.3) is 0 Å². The molecule has 0 saturated heterocycles. The van der Waals surface area contributed by atoms with Crippen LogP contribution in [-0.4, -0.2) is 43.0 Å². The largest absolute Gasteiger partial charge is 0.550 e. The zero-order valence-electron chi connectivity index (χ0n) is 12.3. The number of nitrogens with one attached hydrogen (secondary N) is 2. The Balaban J connectivity index is 5.15. The highest BCUT2D eigenvalue weighted by Gasteiger charge is 2.36. The smallest absolute Gasteiger partial charge is 0.409 e. The second-order valence-electron chi connectivity index (χ2n) is 4.11. The molecule has 2 N–H and O–H groups in total. The number of carbonyl (C=O) groups excluding carboxylic acids is 4. The molecule has 0 aromatic heterocycles. The van der Waals surface area contributed by atoms with Crippen LogP contribution in [0.15, 0.2) is 0 Å². The second-order valence-corrected chi connectivity index (χ2v) is 4.11. The summed E-state index contributed by atoms with van der Waals surface area (Å²) in [6, 6.07) is 0. The van der Waals surface area contributed by atoms with Gasteiger partial charge in [-0.05, 0) is 33.1 Å². The Morgan fingerprint density at radius 1 is 0.955 bits per heavy atom. The van der Waals surface area contributed by atoms with Crippen molar-refractivity contribution in [3.63, 3.8) is 0 Å². The van der Waals surface area contributed by atoms with E-state index < -0.39 is 42.6 Å². The Hall–Kier alpha value is -2.52. The molecule has 10 nitrogen and oxygen atoms in total. The number of hydrogen-bond acceptors (Lipinski definition) is 8. The summed E-state index contributed by atoms with van der Waals surface area (Å²) in [5.41, 5.74) is -2.35. The Morgan fingerprint density at radius 3 is 1.73 bits per heavy atom. The van der Waals surface area contributed by atoms with Gasteiger partial charge in [-0.1, -0.05) is 0 Å². The maximum atomic E-state index is 11.5. The molecule has 0 rings (SSSR count). The molecule has 0 heterocycles. The van der Waals surface area contributed by atoms with Crippen LogP contribution in [0.3, 0.4) is 0 Å². The number of carbonyl (C=O) groups is 4. The van der Waals surface area contributed by atoms with Crippen molar-refractivity contribution in [2.24, 2.45) is 0 Å². The third-order valence-corrected chi connectivity index (χ3v) is 2.46. The first-order chi connectivity index (χ1) is 10.3. The fraction of sp³-hybridized carbons (Fsp3) is 0.667. The molecule has 2 amide bonds. The molecule has 0 aliphatic carbocycles. The van der Waals surface area contributed by atoms with Crippen molar-refractivity contribution in [3.8, 4) is 0 Å². The molecule has 0 aliphatic rings. The number of rotatable bonds is 9. The van der Waals surface area contributed by atoms with E-state index in [9.17, 15) is 29.4 Å². The molecule has 22 heavy (non-hydrogen) atoms. The molecule has 126 valence electrons. The van der Waals surface area contributed by atoms with E-state index in [2.05, 4.69) is 9.47 Å². The number of ether oxygens (including phenoxy) is 2. The number of carboxylic acids is 2. The van der Waals surface area contributed by atoms with E-state index in [1.165, 1.54) is 13.8 Å². The van der Waals surface area contributed by atoms with Crippen molar-refractivity contribution in [1.82, 2.24) is 10.6 Å². The fourth-order valence-corrected chi connectivity index (χ4v) is 1.54. The van der Waals surface area contributed by atoms with E-state index in [1.807, 2.05) is 10.6 Å². The van der Waals surface area contributed by atoms with Gasteiger partial charge in [0.1, 0.15) is 0 Å². The van der Waals surface area contributed by atoms with Crippen LogP contribution in [0.5, 0.6) is 0 Å². The average molecular weight is 318 g/mol. The molecule has 0 aromatic rings. The van der Waals surface area contributed by atoms with Gasteiger partial charge in [0.05, 0.1) is 19.2 Å². The van der Waals surface area contributed by atoms with Crippen molar-refractivity contribution in [3.05, 3.63) is 0 Å². The van der Waals surface area contributed by atoms with E-state index in [0.29, 0.717) is 0 Å². The number of alkyl carbamates (subject to hydrolysis) is 2. The molecule has 10 heteroatoms. The third-order valence-electron chi connectivity index (χ3n) is 2.46. The fourth-order valence-electron chi connectivity index (χ4n) is 1.54. The Kier molecular flexibility index (Phi) is 8.34. The summed E-state index contributed by atoms with van der Waals surface area (Å²) in [6.45, 7) is 2.92. The van der Waals surface area contributed by atoms with Gasteiger partial charge in [0.2, 0.25) is 0 Å². The van der Waals surface area contributed by atoms with Crippen molar-refractivity contribution >= 4 is 24.1 Å². The maximum absolute atomic E-state index is 11.5. The monoisotopic (exact) mass is 318 g/mol. The standard InChI is InChI=1S/C12H20N2O8/c1-3-21-10(19)13-12(9(17)18,7-5-6-8(15)16)14-11(20)22-4-2/h3-7H2,1-2H3,(H,13,19)(H,14,20)(H,15,16)(H,17,18)/p-2. The van der Waals surface area contributed by atoms with Crippen LogP contribution in [0.4, 0.5) is 9.59 Å². The highest BCUT2D eigenvalue weighted by Crippen LogP contribution is 2.12. The van der Waals surface area contributed by atoms with Crippen LogP contribution < -0.4 is 20.8 Å². The van der Waals surface area contributed by atoms with Crippen molar-refractivity contribution in [2.75, 3.05) is 13.2 Å². The first-order valence-electron chi connectivity index (χ1n) is 6.58. The summed E-state index contributed by atoms with van der Waals surface area (Å²) >= 11 is 0. The van der Waals surface area contributed by atoms with E-state index in [1.54, 1.807) is 0 Å². The summed E-state index contributed by atoms with van der Waals surface area (Å²) in [4.78, 5) is 44.7. The number of aliphatic carboxylic acids is 2. The van der Waals surface area contributed by atoms with E-state index >= 15 is 0 Å². The van der Waals surface area contributed by atoms with Crippen LogP contribution >= 0.6 is 0 Å². The highest BCUT2D eigenvalue weighted by atomic mass is 16.6. The average Bonchev–Trinajstić information content (AvgIpc) is 2.38. The zero-order chi connectivity index (χ0) is 17.2. The van der Waals surface area contributed by atoms with Crippen molar-refractivity contribution < 1.29 is 38.9 Å². The molecule has 0 unspecified atom stereocenters. The lowest BCUT2D eigenvalue weighted by Gasteiger charge is -2.35. The van der Waals surface area contributed by atoms with Gasteiger partial charge in [0, 0.05) is 5.97 Å². The number of hydrogen-bond donors (Lipinski definition) is 2. The minimum Gasteiger partial charge on any atom is -0.550 e. The summed E-state index contributed by atoms with van der Waals surface area (Å²) < 4.78 is 9.11. The third kappa shape index (κ3) is 6.77. The minimum absolute atomic E-state index is 0.0343. The van der Waals surface area contributed by atoms with Gasteiger partial charge in [-0.2, -0.15) is 0 Å². The molecule has 0 aliphatic heterocycles. The topological polar surface area (TPSA) is 157 Å². The van der Waals surface area contributed by atoms with Gasteiger partial charge in [-0.3, -0.25) is 10.6 Å². The molecular weight excluding hydrogens is 300 g/mol. The van der Waals surface area contributed by atoms with Gasteiger partial charge >= 0.3 is 12.2 Å². The predicted octanol–water partition coefficient (Wildman–Crippen LogP) is -2.15. The zero-order valence-corrected chi connectivity index (χ0v) is 12.3. The minimum atomic E-state index is -2.35. The van der Waals surface area contributed by atoms with Crippen molar-refractivity contribution in [1.29, 1.82) is 0 Å². The second kappa shape index (κ2) is 9.42. The lowest BCUT2D eigenvalue weighted by Crippen LogP contribution is -2.69. The molecular formula is C12H18N2O8-2. The van der Waals surface area contributed by atoms with Gasteiger partial charge < -0.3 is 29.3 Å². The maximum Gasteiger partial charge on any atom is 0.409 e. The molecule has 0 bridgehead atoms. The number of carboxylic acid groups (broad SMARTS) is 2. The first-order valence-corrected chi connectivity index (χ1v) is 6.58. The number of amides is 2. The van der Waals surface area contributed by atoms with Crippen LogP contribution in [-0.2, 0) is 19.1 Å². The van der Waals surface area contributed by atoms with Gasteiger partial charge in [0.25, 0.3) is 0 Å². The normalized spacial score (nSPS) is 10.5. The van der Waals surface area contributed by atoms with Crippen LogP contribution in [0, 0.1) is 0 Å². The highest BCUT2D eigenvalue weighted by molar-refractivity contribution is 5.86. The summed E-state index contributed by atoms with van der Waals surface area (Å²) in [7, 11) is 0. The van der Waals surface area contributed by atoms with Crippen molar-refractivity contribution in [2.45, 2.75) is 38.8 Å². The van der Waals surface area contributed by atoms with Gasteiger partial charge in [-0.15, -0.1) is 0 Å². The van der Waals surface area contributed by atoms with Crippen LogP contribution in [0.2, 0.25) is 0 Å². The SMILES string of the molecule is CCOC(=O)NC(CCCC(=O)[O-])(NC(=O)OCC)C(=O)[O-]. The molecule has 0 aromatic carbocycles. The summed E-state index contributed by atoms with van der Waals surface area (Å²) in [6.07, 6.45) is -3.35.